The van der Waals surface area contributed by atoms with Crippen LogP contribution in [0.4, 0.5) is 0 Å². The maximum Gasteiger partial charge on any atom is 0.310 e. The number of carboxylic acids is 1. The normalized spacial score (nSPS) is 15.9. The number of methoxy groups -OCH3 is 1. The van der Waals surface area contributed by atoms with E-state index in [0.717, 1.165) is 12.8 Å². The molecule has 0 aliphatic heterocycles. The zero-order valence-corrected chi connectivity index (χ0v) is 11.7. The lowest BCUT2D eigenvalue weighted by atomic mass is 9.99. The molecule has 0 heterocycles. The summed E-state index contributed by atoms with van der Waals surface area (Å²) in [6, 6.07) is 3.34. The molecule has 0 spiro atoms. The maximum absolute atomic E-state index is 11.2. The van der Waals surface area contributed by atoms with Crippen molar-refractivity contribution in [1.82, 2.24) is 0 Å². The number of aliphatic carboxylic acids is 1. The molecule has 5 heteroatoms. The van der Waals surface area contributed by atoms with Gasteiger partial charge in [-0.05, 0) is 37.8 Å². The van der Waals surface area contributed by atoms with Crippen LogP contribution in [0.3, 0.4) is 0 Å². The third-order valence-electron chi connectivity index (χ3n) is 3.29. The van der Waals surface area contributed by atoms with Crippen LogP contribution in [-0.2, 0) is 4.79 Å². The number of halogens is 1. The molecule has 1 aliphatic rings. The molecule has 0 radical (unpaired) electrons. The highest BCUT2D eigenvalue weighted by molar-refractivity contribution is 6.32. The van der Waals surface area contributed by atoms with Crippen molar-refractivity contribution in [2.45, 2.75) is 25.7 Å². The molecule has 1 aromatic carbocycles. The quantitative estimate of drug-likeness (QED) is 0.870. The summed E-state index contributed by atoms with van der Waals surface area (Å²) < 4.78 is 11.0. The van der Waals surface area contributed by atoms with E-state index >= 15 is 0 Å². The second-order valence-corrected chi connectivity index (χ2v) is 5.21. The van der Waals surface area contributed by atoms with E-state index in [1.807, 2.05) is 0 Å². The molecule has 1 fully saturated rings. The van der Waals surface area contributed by atoms with Crippen molar-refractivity contribution in [3.05, 3.63) is 22.7 Å². The number of rotatable bonds is 6. The number of hydrogen-bond donors (Lipinski definition) is 1. The lowest BCUT2D eigenvalue weighted by Crippen LogP contribution is -2.12. The van der Waals surface area contributed by atoms with Crippen LogP contribution in [0.2, 0.25) is 5.02 Å². The van der Waals surface area contributed by atoms with Crippen LogP contribution in [0, 0.1) is 5.92 Å². The fourth-order valence-electron chi connectivity index (χ4n) is 1.88. The van der Waals surface area contributed by atoms with Gasteiger partial charge >= 0.3 is 5.97 Å². The van der Waals surface area contributed by atoms with E-state index in [0.29, 0.717) is 34.6 Å². The molecule has 104 valence electrons. The highest BCUT2D eigenvalue weighted by Crippen LogP contribution is 2.42. The second-order valence-electron chi connectivity index (χ2n) is 4.81. The largest absolute Gasteiger partial charge is 0.493 e. The molecule has 0 aromatic heterocycles. The van der Waals surface area contributed by atoms with Gasteiger partial charge in [0.15, 0.2) is 11.5 Å². The first-order valence-corrected chi connectivity index (χ1v) is 6.64. The Hall–Kier alpha value is -1.42. The average molecular weight is 285 g/mol. The summed E-state index contributed by atoms with van der Waals surface area (Å²) in [7, 11) is 1.53. The van der Waals surface area contributed by atoms with Gasteiger partial charge in [0.05, 0.1) is 19.6 Å². The van der Waals surface area contributed by atoms with E-state index in [1.165, 1.54) is 7.11 Å². The Morgan fingerprint density at radius 2 is 2.21 bits per heavy atom. The first-order chi connectivity index (χ1) is 9.04. The molecule has 0 bridgehead atoms. The second kappa shape index (κ2) is 5.70. The predicted molar refractivity (Wildman–Crippen MR) is 72.3 cm³/mol. The van der Waals surface area contributed by atoms with Crippen LogP contribution < -0.4 is 9.47 Å². The van der Waals surface area contributed by atoms with Gasteiger partial charge in [0.2, 0.25) is 0 Å². The number of hydrogen-bond acceptors (Lipinski definition) is 3. The summed E-state index contributed by atoms with van der Waals surface area (Å²) >= 11 is 6.13. The van der Waals surface area contributed by atoms with Gasteiger partial charge in [-0.1, -0.05) is 11.6 Å². The minimum atomic E-state index is -0.938. The van der Waals surface area contributed by atoms with Gasteiger partial charge in [0.25, 0.3) is 0 Å². The molecular weight excluding hydrogens is 268 g/mol. The SMILES string of the molecule is COc1ccc(Cl)c(C(C)C(=O)O)c1OCC1CC1. The topological polar surface area (TPSA) is 55.8 Å². The molecule has 1 saturated carbocycles. The molecule has 1 unspecified atom stereocenters. The van der Waals surface area contributed by atoms with E-state index in [4.69, 9.17) is 21.1 Å². The van der Waals surface area contributed by atoms with Crippen molar-refractivity contribution in [1.29, 1.82) is 0 Å². The molecule has 19 heavy (non-hydrogen) atoms. The van der Waals surface area contributed by atoms with E-state index < -0.39 is 11.9 Å². The van der Waals surface area contributed by atoms with Crippen molar-refractivity contribution < 1.29 is 19.4 Å². The molecule has 1 aromatic rings. The summed E-state index contributed by atoms with van der Waals surface area (Å²) in [5.74, 6) is -0.134. The van der Waals surface area contributed by atoms with Gasteiger partial charge in [0, 0.05) is 10.6 Å². The monoisotopic (exact) mass is 284 g/mol. The van der Waals surface area contributed by atoms with Crippen LogP contribution in [0.1, 0.15) is 31.2 Å². The number of benzene rings is 1. The first-order valence-electron chi connectivity index (χ1n) is 6.26. The van der Waals surface area contributed by atoms with E-state index in [9.17, 15) is 9.90 Å². The van der Waals surface area contributed by atoms with Gasteiger partial charge in [-0.3, -0.25) is 4.79 Å². The molecule has 2 rings (SSSR count). The summed E-state index contributed by atoms with van der Waals surface area (Å²) in [6.07, 6.45) is 2.32. The third kappa shape index (κ3) is 3.13. The van der Waals surface area contributed by atoms with Crippen molar-refractivity contribution >= 4 is 17.6 Å². The van der Waals surface area contributed by atoms with Crippen molar-refractivity contribution in [3.63, 3.8) is 0 Å². The molecule has 1 N–H and O–H groups in total. The highest BCUT2D eigenvalue weighted by atomic mass is 35.5. The van der Waals surface area contributed by atoms with Crippen molar-refractivity contribution in [2.24, 2.45) is 5.92 Å². The maximum atomic E-state index is 11.2. The summed E-state index contributed by atoms with van der Waals surface area (Å²) in [5, 5.41) is 9.57. The van der Waals surface area contributed by atoms with Crippen molar-refractivity contribution in [2.75, 3.05) is 13.7 Å². The lowest BCUT2D eigenvalue weighted by Gasteiger charge is -2.18. The van der Waals surface area contributed by atoms with Gasteiger partial charge < -0.3 is 14.6 Å². The van der Waals surface area contributed by atoms with Gasteiger partial charge in [0.1, 0.15) is 0 Å². The Morgan fingerprint density at radius 1 is 1.53 bits per heavy atom. The Labute approximate surface area is 117 Å². The Kier molecular flexibility index (Phi) is 4.20. The molecule has 1 aliphatic carbocycles. The number of carbonyl (C=O) groups is 1. The van der Waals surface area contributed by atoms with E-state index in [1.54, 1.807) is 19.1 Å². The van der Waals surface area contributed by atoms with Crippen LogP contribution in [0.25, 0.3) is 0 Å². The highest BCUT2D eigenvalue weighted by Gasteiger charge is 2.27. The van der Waals surface area contributed by atoms with Gasteiger partial charge in [-0.15, -0.1) is 0 Å². The standard InChI is InChI=1S/C14H17ClO4/c1-8(14(16)17)12-10(15)5-6-11(18-2)13(12)19-7-9-3-4-9/h5-6,8-9H,3-4,7H2,1-2H3,(H,16,17). The third-order valence-corrected chi connectivity index (χ3v) is 3.62. The Morgan fingerprint density at radius 3 is 2.74 bits per heavy atom. The van der Waals surface area contributed by atoms with Crippen LogP contribution in [0.15, 0.2) is 12.1 Å². The Bertz CT molecular complexity index is 483. The van der Waals surface area contributed by atoms with Gasteiger partial charge in [-0.25, -0.2) is 0 Å². The van der Waals surface area contributed by atoms with Gasteiger partial charge in [-0.2, -0.15) is 0 Å². The zero-order chi connectivity index (χ0) is 14.0. The van der Waals surface area contributed by atoms with Crippen LogP contribution in [-0.4, -0.2) is 24.8 Å². The van der Waals surface area contributed by atoms with Crippen LogP contribution in [0.5, 0.6) is 11.5 Å². The predicted octanol–water partition coefficient (Wildman–Crippen LogP) is 3.33. The first kappa shape index (κ1) is 14.0. The molecular formula is C14H17ClO4. The van der Waals surface area contributed by atoms with E-state index in [-0.39, 0.29) is 0 Å². The summed E-state index contributed by atoms with van der Waals surface area (Å²) in [5.41, 5.74) is 0.481. The van der Waals surface area contributed by atoms with Crippen molar-refractivity contribution in [3.8, 4) is 11.5 Å². The lowest BCUT2D eigenvalue weighted by molar-refractivity contribution is -0.138. The van der Waals surface area contributed by atoms with E-state index in [2.05, 4.69) is 0 Å². The fourth-order valence-corrected chi connectivity index (χ4v) is 2.19. The minimum absolute atomic E-state index is 0.390. The fraction of sp³-hybridized carbons (Fsp3) is 0.500. The summed E-state index contributed by atoms with van der Waals surface area (Å²) in [4.78, 5) is 11.2. The minimum Gasteiger partial charge on any atom is -0.493 e. The average Bonchev–Trinajstić information content (AvgIpc) is 3.19. The molecule has 1 atom stereocenters. The summed E-state index contributed by atoms with van der Waals surface area (Å²) in [6.45, 7) is 2.17. The molecule has 4 nitrogen and oxygen atoms in total. The molecule has 0 amide bonds. The molecule has 0 saturated heterocycles. The number of ether oxygens (including phenoxy) is 2. The number of carboxylic acid groups (broad SMARTS) is 1. The zero-order valence-electron chi connectivity index (χ0n) is 11.0. The Balaban J connectivity index is 2.37. The smallest absolute Gasteiger partial charge is 0.310 e. The van der Waals surface area contributed by atoms with Crippen LogP contribution >= 0.6 is 11.6 Å².